The Morgan fingerprint density at radius 3 is 1.29 bits per heavy atom. The Morgan fingerprint density at radius 2 is 0.964 bits per heavy atom. The van der Waals surface area contributed by atoms with Crippen molar-refractivity contribution in [2.24, 2.45) is 22.7 Å². The highest BCUT2D eigenvalue weighted by atomic mass is 16.7. The molecule has 0 N–H and O–H groups in total. The van der Waals surface area contributed by atoms with Crippen molar-refractivity contribution in [1.82, 2.24) is 10.1 Å². The number of hydroxylamine groups is 4. The Labute approximate surface area is 175 Å². The first-order chi connectivity index (χ1) is 12.8. The van der Waals surface area contributed by atoms with Crippen LogP contribution in [0.3, 0.4) is 0 Å². The first-order valence-corrected chi connectivity index (χ1v) is 11.6. The minimum Gasteiger partial charge on any atom is -0.298 e. The van der Waals surface area contributed by atoms with Crippen LogP contribution in [0.1, 0.15) is 94.9 Å². The van der Waals surface area contributed by atoms with Crippen molar-refractivity contribution < 1.29 is 9.68 Å². The first kappa shape index (κ1) is 24.1. The van der Waals surface area contributed by atoms with Crippen molar-refractivity contribution >= 4 is 0 Å². The van der Waals surface area contributed by atoms with Gasteiger partial charge >= 0.3 is 0 Å². The molecule has 0 bridgehead atoms. The van der Waals surface area contributed by atoms with Crippen LogP contribution in [0.5, 0.6) is 0 Å². The summed E-state index contributed by atoms with van der Waals surface area (Å²) in [7, 11) is 0. The van der Waals surface area contributed by atoms with Gasteiger partial charge in [0, 0.05) is 24.2 Å². The molecule has 2 aliphatic heterocycles. The fraction of sp³-hybridized carbons (Fsp3) is 1.00. The van der Waals surface area contributed by atoms with Crippen molar-refractivity contribution in [2.45, 2.75) is 106 Å². The Bertz CT molecular complexity index is 467. The van der Waals surface area contributed by atoms with Gasteiger partial charge < -0.3 is 0 Å². The van der Waals surface area contributed by atoms with Gasteiger partial charge in [-0.25, -0.2) is 0 Å². The molecule has 0 spiro atoms. The second kappa shape index (κ2) is 8.53. The minimum absolute atomic E-state index is 0.0568. The molecule has 0 saturated carbocycles. The lowest BCUT2D eigenvalue weighted by Crippen LogP contribution is -2.60. The monoisotopic (exact) mass is 396 g/mol. The van der Waals surface area contributed by atoms with Crippen molar-refractivity contribution in [2.75, 3.05) is 26.3 Å². The molecular weight excluding hydrogens is 348 g/mol. The summed E-state index contributed by atoms with van der Waals surface area (Å²) in [5.41, 5.74) is 0.610. The summed E-state index contributed by atoms with van der Waals surface area (Å²) >= 11 is 0. The van der Waals surface area contributed by atoms with Crippen molar-refractivity contribution in [3.8, 4) is 0 Å². The predicted octanol–water partition coefficient (Wildman–Crippen LogP) is 5.92. The fourth-order valence-electron chi connectivity index (χ4n) is 4.76. The van der Waals surface area contributed by atoms with E-state index in [1.54, 1.807) is 0 Å². The van der Waals surface area contributed by atoms with Gasteiger partial charge in [-0.1, -0.05) is 41.5 Å². The van der Waals surface area contributed by atoms with Gasteiger partial charge in [-0.05, 0) is 76.0 Å². The zero-order chi connectivity index (χ0) is 21.4. The maximum absolute atomic E-state index is 6.23. The molecule has 166 valence electrons. The van der Waals surface area contributed by atoms with Crippen LogP contribution in [-0.4, -0.2) is 47.5 Å². The van der Waals surface area contributed by atoms with E-state index >= 15 is 0 Å². The molecular formula is C24H48N2O2. The number of nitrogens with zero attached hydrogens (tertiary/aromatic N) is 2. The van der Waals surface area contributed by atoms with Crippen LogP contribution in [0.4, 0.5) is 0 Å². The second-order valence-corrected chi connectivity index (χ2v) is 11.5. The third-order valence-electron chi connectivity index (χ3n) is 9.43. The van der Waals surface area contributed by atoms with Gasteiger partial charge in [-0.3, -0.25) is 9.68 Å². The lowest BCUT2D eigenvalue weighted by molar-refractivity contribution is -0.275. The summed E-state index contributed by atoms with van der Waals surface area (Å²) in [5.74, 6) is 1.44. The van der Waals surface area contributed by atoms with Crippen LogP contribution in [0.15, 0.2) is 0 Å². The molecule has 2 rings (SSSR count). The highest BCUT2D eigenvalue weighted by Gasteiger charge is 2.50. The first-order valence-electron chi connectivity index (χ1n) is 11.6. The van der Waals surface area contributed by atoms with Gasteiger partial charge in [0.25, 0.3) is 0 Å². The van der Waals surface area contributed by atoms with Crippen LogP contribution in [0.2, 0.25) is 0 Å². The second-order valence-electron chi connectivity index (χ2n) is 11.5. The predicted molar refractivity (Wildman–Crippen MR) is 118 cm³/mol. The highest BCUT2D eigenvalue weighted by Crippen LogP contribution is 2.48. The Morgan fingerprint density at radius 1 is 0.643 bits per heavy atom. The maximum atomic E-state index is 6.23. The van der Waals surface area contributed by atoms with Gasteiger partial charge in [-0.15, -0.1) is 0 Å². The summed E-state index contributed by atoms with van der Waals surface area (Å²) in [6.07, 6.45) is 4.49. The molecule has 2 saturated heterocycles. The molecule has 0 aromatic heterocycles. The third kappa shape index (κ3) is 4.31. The van der Waals surface area contributed by atoms with Gasteiger partial charge in [0.05, 0.1) is 13.2 Å². The molecule has 0 aliphatic carbocycles. The van der Waals surface area contributed by atoms with Crippen LogP contribution >= 0.6 is 0 Å². The quantitative estimate of drug-likeness (QED) is 0.498. The minimum atomic E-state index is 0.0568. The lowest BCUT2D eigenvalue weighted by Gasteiger charge is -2.55. The van der Waals surface area contributed by atoms with Crippen LogP contribution in [-0.2, 0) is 9.68 Å². The summed E-state index contributed by atoms with van der Waals surface area (Å²) in [4.78, 5) is 12.5. The van der Waals surface area contributed by atoms with Crippen molar-refractivity contribution in [1.29, 1.82) is 0 Å². The van der Waals surface area contributed by atoms with E-state index in [-0.39, 0.29) is 21.9 Å². The molecule has 0 radical (unpaired) electrons. The number of rotatable bonds is 7. The van der Waals surface area contributed by atoms with Gasteiger partial charge in [0.15, 0.2) is 0 Å². The average Bonchev–Trinajstić information content (AvgIpc) is 2.58. The molecule has 28 heavy (non-hydrogen) atoms. The third-order valence-corrected chi connectivity index (χ3v) is 9.43. The largest absolute Gasteiger partial charge is 0.298 e. The Hall–Kier alpha value is -0.160. The number of hydrogen-bond acceptors (Lipinski definition) is 4. The molecule has 4 heteroatoms. The average molecular weight is 397 g/mol. The zero-order valence-corrected chi connectivity index (χ0v) is 20.5. The molecule has 2 unspecified atom stereocenters. The summed E-state index contributed by atoms with van der Waals surface area (Å²) in [5, 5.41) is 4.48. The van der Waals surface area contributed by atoms with E-state index in [0.29, 0.717) is 0 Å². The smallest absolute Gasteiger partial charge is 0.0686 e. The SMILES string of the molecule is CC1CCN(OCCCCON2CCC(C)C(C)(C)C2(C)C)C(C)(C)C1(C)C. The van der Waals surface area contributed by atoms with Crippen LogP contribution in [0.25, 0.3) is 0 Å². The van der Waals surface area contributed by atoms with E-state index in [1.165, 1.54) is 12.8 Å². The number of hydrogen-bond donors (Lipinski definition) is 0. The number of unbranched alkanes of at least 4 members (excludes halogenated alkanes) is 1. The molecule has 2 heterocycles. The lowest BCUT2D eigenvalue weighted by atomic mass is 9.63. The maximum Gasteiger partial charge on any atom is 0.0686 e. The molecule has 2 aliphatic rings. The van der Waals surface area contributed by atoms with Crippen LogP contribution in [0, 0.1) is 22.7 Å². The molecule has 4 nitrogen and oxygen atoms in total. The van der Waals surface area contributed by atoms with Crippen molar-refractivity contribution in [3.05, 3.63) is 0 Å². The van der Waals surface area contributed by atoms with E-state index < -0.39 is 0 Å². The fourth-order valence-corrected chi connectivity index (χ4v) is 4.76. The zero-order valence-electron chi connectivity index (χ0n) is 20.5. The Balaban J connectivity index is 1.73. The van der Waals surface area contributed by atoms with Gasteiger partial charge in [-0.2, -0.15) is 10.1 Å². The van der Waals surface area contributed by atoms with Gasteiger partial charge in [0.1, 0.15) is 0 Å². The standard InChI is InChI=1S/C24H48N2O2/c1-19-13-15-25(23(7,8)21(19,3)4)27-17-11-12-18-28-26-16-14-20(2)22(5,6)24(26,9)10/h19-20H,11-18H2,1-10H3. The number of piperidine rings is 2. The summed E-state index contributed by atoms with van der Waals surface area (Å²) < 4.78 is 0. The van der Waals surface area contributed by atoms with Crippen molar-refractivity contribution in [3.63, 3.8) is 0 Å². The molecule has 2 fully saturated rings. The van der Waals surface area contributed by atoms with Crippen LogP contribution < -0.4 is 0 Å². The van der Waals surface area contributed by atoms with E-state index in [2.05, 4.69) is 79.4 Å². The van der Waals surface area contributed by atoms with Gasteiger partial charge in [0.2, 0.25) is 0 Å². The van der Waals surface area contributed by atoms with E-state index in [0.717, 1.165) is 51.0 Å². The summed E-state index contributed by atoms with van der Waals surface area (Å²) in [6, 6.07) is 0. The highest BCUT2D eigenvalue weighted by molar-refractivity contribution is 5.00. The normalized spacial score (nSPS) is 32.4. The topological polar surface area (TPSA) is 24.9 Å². The molecule has 0 amide bonds. The van der Waals surface area contributed by atoms with E-state index in [1.807, 2.05) is 0 Å². The van der Waals surface area contributed by atoms with E-state index in [4.69, 9.17) is 9.68 Å². The summed E-state index contributed by atoms with van der Waals surface area (Å²) in [6.45, 7) is 27.2. The Kier molecular flexibility index (Phi) is 7.34. The molecule has 0 aromatic carbocycles. The molecule has 2 atom stereocenters. The van der Waals surface area contributed by atoms with E-state index in [9.17, 15) is 0 Å². The molecule has 0 aromatic rings.